The first-order valence-electron chi connectivity index (χ1n) is 7.21. The molecule has 2 aromatic heterocycles. The zero-order valence-electron chi connectivity index (χ0n) is 13.2. The fraction of sp³-hybridized carbons (Fsp3) is 0.118. The molecule has 0 spiro atoms. The molecule has 0 saturated heterocycles. The van der Waals surface area contributed by atoms with Gasteiger partial charge in [-0.15, -0.1) is 0 Å². The summed E-state index contributed by atoms with van der Waals surface area (Å²) in [6.07, 6.45) is 3.18. The summed E-state index contributed by atoms with van der Waals surface area (Å²) in [6, 6.07) is 10.9. The summed E-state index contributed by atoms with van der Waals surface area (Å²) in [7, 11) is 1.58. The van der Waals surface area contributed by atoms with Crippen molar-refractivity contribution >= 4 is 29.4 Å². The molecule has 6 nitrogen and oxygen atoms in total. The number of ether oxygens (including phenoxy) is 1. The molecule has 0 aliphatic rings. The Labute approximate surface area is 143 Å². The summed E-state index contributed by atoms with van der Waals surface area (Å²) < 4.78 is 6.88. The number of benzene rings is 1. The van der Waals surface area contributed by atoms with Crippen molar-refractivity contribution in [1.82, 2.24) is 14.8 Å². The van der Waals surface area contributed by atoms with Gasteiger partial charge in [0.1, 0.15) is 17.1 Å². The maximum absolute atomic E-state index is 12.4. The highest BCUT2D eigenvalue weighted by molar-refractivity contribution is 6.30. The number of pyridine rings is 1. The molecule has 0 radical (unpaired) electrons. The molecule has 7 heteroatoms. The number of hydrazone groups is 1. The SMILES string of the molecule is COc1ccccc1/C=N/NC(=O)c1c(C)nc2ccc(Cl)cn12. The highest BCUT2D eigenvalue weighted by Crippen LogP contribution is 2.17. The van der Waals surface area contributed by atoms with Gasteiger partial charge in [0.2, 0.25) is 0 Å². The van der Waals surface area contributed by atoms with Crippen LogP contribution >= 0.6 is 11.6 Å². The number of para-hydroxylation sites is 1. The van der Waals surface area contributed by atoms with Crippen molar-refractivity contribution in [3.8, 4) is 5.75 Å². The van der Waals surface area contributed by atoms with Gasteiger partial charge in [0.25, 0.3) is 5.91 Å². The van der Waals surface area contributed by atoms with Gasteiger partial charge >= 0.3 is 0 Å². The maximum Gasteiger partial charge on any atom is 0.290 e. The number of nitrogens with zero attached hydrogens (tertiary/aromatic N) is 3. The smallest absolute Gasteiger partial charge is 0.290 e. The Bertz CT molecular complexity index is 933. The molecular formula is C17H15ClN4O2. The molecule has 0 atom stereocenters. The number of aromatic nitrogens is 2. The number of imidazole rings is 1. The van der Waals surface area contributed by atoms with Crippen LogP contribution in [0.2, 0.25) is 5.02 Å². The standard InChI is InChI=1S/C17H15ClN4O2/c1-11-16(22-10-13(18)7-8-15(22)20-11)17(23)21-19-9-12-5-3-4-6-14(12)24-2/h3-10H,1-2H3,(H,21,23)/b19-9+. The van der Waals surface area contributed by atoms with Crippen LogP contribution in [-0.4, -0.2) is 28.6 Å². The third-order valence-corrected chi connectivity index (χ3v) is 3.70. The number of hydrogen-bond donors (Lipinski definition) is 1. The van der Waals surface area contributed by atoms with Crippen molar-refractivity contribution in [3.05, 3.63) is 64.6 Å². The first-order valence-corrected chi connectivity index (χ1v) is 7.58. The van der Waals surface area contributed by atoms with Crippen molar-refractivity contribution in [1.29, 1.82) is 0 Å². The van der Waals surface area contributed by atoms with Gasteiger partial charge in [0.05, 0.1) is 24.0 Å². The van der Waals surface area contributed by atoms with Crippen LogP contribution in [-0.2, 0) is 0 Å². The molecule has 24 heavy (non-hydrogen) atoms. The molecule has 3 rings (SSSR count). The van der Waals surface area contributed by atoms with Crippen LogP contribution in [0.4, 0.5) is 0 Å². The number of halogens is 1. The van der Waals surface area contributed by atoms with Gasteiger partial charge in [0.15, 0.2) is 0 Å². The Morgan fingerprint density at radius 1 is 1.33 bits per heavy atom. The Morgan fingerprint density at radius 3 is 2.92 bits per heavy atom. The van der Waals surface area contributed by atoms with Crippen LogP contribution in [0.15, 0.2) is 47.7 Å². The average Bonchev–Trinajstić information content (AvgIpc) is 2.90. The fourth-order valence-electron chi connectivity index (χ4n) is 2.40. The molecule has 1 aromatic carbocycles. The lowest BCUT2D eigenvalue weighted by molar-refractivity contribution is 0.0948. The van der Waals surface area contributed by atoms with Crippen LogP contribution in [0, 0.1) is 6.92 Å². The predicted molar refractivity (Wildman–Crippen MR) is 93.0 cm³/mol. The van der Waals surface area contributed by atoms with E-state index in [1.54, 1.807) is 36.8 Å². The van der Waals surface area contributed by atoms with Gasteiger partial charge in [-0.25, -0.2) is 10.4 Å². The van der Waals surface area contributed by atoms with E-state index in [0.717, 1.165) is 5.56 Å². The number of carbonyl (C=O) groups is 1. The van der Waals surface area contributed by atoms with Crippen LogP contribution in [0.5, 0.6) is 5.75 Å². The number of carbonyl (C=O) groups excluding carboxylic acids is 1. The Balaban J connectivity index is 1.84. The normalized spacial score (nSPS) is 11.1. The number of methoxy groups -OCH3 is 1. The van der Waals surface area contributed by atoms with Gasteiger partial charge in [-0.05, 0) is 31.2 Å². The van der Waals surface area contributed by atoms with Crippen LogP contribution in [0.1, 0.15) is 21.7 Å². The molecule has 0 bridgehead atoms. The van der Waals surface area contributed by atoms with Crippen molar-refractivity contribution in [2.24, 2.45) is 5.10 Å². The van der Waals surface area contributed by atoms with E-state index >= 15 is 0 Å². The van der Waals surface area contributed by atoms with Crippen molar-refractivity contribution in [3.63, 3.8) is 0 Å². The number of hydrogen-bond acceptors (Lipinski definition) is 4. The molecule has 3 aromatic rings. The zero-order chi connectivity index (χ0) is 17.1. The number of nitrogens with one attached hydrogen (secondary N) is 1. The topological polar surface area (TPSA) is 68.0 Å². The van der Waals surface area contributed by atoms with E-state index in [4.69, 9.17) is 16.3 Å². The summed E-state index contributed by atoms with van der Waals surface area (Å²) in [6.45, 7) is 1.76. The molecule has 1 amide bonds. The molecule has 0 saturated carbocycles. The Morgan fingerprint density at radius 2 is 2.12 bits per heavy atom. The molecule has 0 unspecified atom stereocenters. The predicted octanol–water partition coefficient (Wildman–Crippen LogP) is 3.07. The van der Waals surface area contributed by atoms with Gasteiger partial charge < -0.3 is 4.74 Å². The zero-order valence-corrected chi connectivity index (χ0v) is 13.9. The highest BCUT2D eigenvalue weighted by Gasteiger charge is 2.16. The number of fused-ring (bicyclic) bond motifs is 1. The van der Waals surface area contributed by atoms with E-state index < -0.39 is 0 Å². The summed E-state index contributed by atoms with van der Waals surface area (Å²) in [5.41, 5.74) is 4.91. The van der Waals surface area contributed by atoms with Gasteiger partial charge in [-0.2, -0.15) is 5.10 Å². The quantitative estimate of drug-likeness (QED) is 0.585. The number of aryl methyl sites for hydroxylation is 1. The maximum atomic E-state index is 12.4. The van der Waals surface area contributed by atoms with E-state index in [1.807, 2.05) is 24.3 Å². The lowest BCUT2D eigenvalue weighted by Crippen LogP contribution is -2.20. The Kier molecular flexibility index (Phi) is 4.48. The third-order valence-electron chi connectivity index (χ3n) is 3.48. The highest BCUT2D eigenvalue weighted by atomic mass is 35.5. The first-order chi connectivity index (χ1) is 11.6. The fourth-order valence-corrected chi connectivity index (χ4v) is 2.56. The molecular weight excluding hydrogens is 328 g/mol. The van der Waals surface area contributed by atoms with E-state index in [9.17, 15) is 4.79 Å². The molecule has 122 valence electrons. The van der Waals surface area contributed by atoms with E-state index in [2.05, 4.69) is 15.5 Å². The third kappa shape index (κ3) is 3.09. The second kappa shape index (κ2) is 6.72. The molecule has 0 fully saturated rings. The number of rotatable bonds is 4. The molecule has 0 aliphatic carbocycles. The van der Waals surface area contributed by atoms with E-state index in [0.29, 0.717) is 27.8 Å². The van der Waals surface area contributed by atoms with Crippen LogP contribution in [0.25, 0.3) is 5.65 Å². The van der Waals surface area contributed by atoms with Crippen molar-refractivity contribution < 1.29 is 9.53 Å². The lowest BCUT2D eigenvalue weighted by atomic mass is 10.2. The van der Waals surface area contributed by atoms with Crippen LogP contribution in [0.3, 0.4) is 0 Å². The summed E-state index contributed by atoms with van der Waals surface area (Å²) >= 11 is 6.00. The largest absolute Gasteiger partial charge is 0.496 e. The van der Waals surface area contributed by atoms with Gasteiger partial charge in [-0.1, -0.05) is 23.7 Å². The first kappa shape index (κ1) is 16.0. The lowest BCUT2D eigenvalue weighted by Gasteiger charge is -2.04. The van der Waals surface area contributed by atoms with Crippen molar-refractivity contribution in [2.75, 3.05) is 7.11 Å². The minimum absolute atomic E-state index is 0.367. The van der Waals surface area contributed by atoms with Crippen LogP contribution < -0.4 is 10.2 Å². The molecule has 1 N–H and O–H groups in total. The summed E-state index contributed by atoms with van der Waals surface area (Å²) in [4.78, 5) is 16.8. The average molecular weight is 343 g/mol. The minimum Gasteiger partial charge on any atom is -0.496 e. The van der Waals surface area contributed by atoms with Crippen molar-refractivity contribution in [2.45, 2.75) is 6.92 Å². The Hall–Kier alpha value is -2.86. The molecule has 0 aliphatic heterocycles. The van der Waals surface area contributed by atoms with E-state index in [-0.39, 0.29) is 5.91 Å². The minimum atomic E-state index is -0.367. The van der Waals surface area contributed by atoms with Gasteiger partial charge in [-0.3, -0.25) is 9.20 Å². The van der Waals surface area contributed by atoms with Gasteiger partial charge in [0, 0.05) is 11.8 Å². The summed E-state index contributed by atoms with van der Waals surface area (Å²) in [5, 5.41) is 4.52. The second-order valence-electron chi connectivity index (χ2n) is 5.06. The summed E-state index contributed by atoms with van der Waals surface area (Å²) in [5.74, 6) is 0.307. The molecule has 2 heterocycles. The van der Waals surface area contributed by atoms with E-state index in [1.165, 1.54) is 6.21 Å². The number of amides is 1. The second-order valence-corrected chi connectivity index (χ2v) is 5.50. The monoisotopic (exact) mass is 342 g/mol.